The molecule has 3 heterocycles. The van der Waals surface area contributed by atoms with Crippen LogP contribution in [0.4, 0.5) is 5.82 Å². The third kappa shape index (κ3) is 2.88. The smallest absolute Gasteiger partial charge is 0.235 e. The van der Waals surface area contributed by atoms with Crippen LogP contribution in [0.3, 0.4) is 0 Å². The van der Waals surface area contributed by atoms with Crippen molar-refractivity contribution in [2.75, 3.05) is 23.7 Å². The van der Waals surface area contributed by atoms with E-state index in [9.17, 15) is 8.42 Å². The lowest BCUT2D eigenvalue weighted by Gasteiger charge is -2.22. The number of nitrogens with one attached hydrogen (secondary N) is 1. The molecule has 1 fully saturated rings. The fraction of sp³-hybridized carbons (Fsp3) is 0.412. The van der Waals surface area contributed by atoms with Gasteiger partial charge in [0.15, 0.2) is 0 Å². The normalized spacial score (nSPS) is 20.7. The number of hydrogen-bond donors (Lipinski definition) is 1. The zero-order valence-corrected chi connectivity index (χ0v) is 13.7. The molecule has 0 amide bonds. The van der Waals surface area contributed by atoms with Crippen LogP contribution in [0.1, 0.15) is 24.3 Å². The molecule has 0 unspecified atom stereocenters. The lowest BCUT2D eigenvalue weighted by atomic mass is 9.90. The molecule has 1 N–H and O–H groups in total. The number of benzene rings is 1. The minimum Gasteiger partial charge on any atom is -0.381 e. The number of sulfonamides is 1. The molecular formula is C17H20N2O3S. The van der Waals surface area contributed by atoms with Gasteiger partial charge in [-0.15, -0.1) is 0 Å². The van der Waals surface area contributed by atoms with Crippen LogP contribution in [0.25, 0.3) is 11.1 Å². The van der Waals surface area contributed by atoms with Gasteiger partial charge in [0.05, 0.1) is 5.75 Å². The van der Waals surface area contributed by atoms with Gasteiger partial charge < -0.3 is 9.30 Å². The van der Waals surface area contributed by atoms with Crippen LogP contribution in [0.5, 0.6) is 0 Å². The van der Waals surface area contributed by atoms with Crippen LogP contribution >= 0.6 is 0 Å². The highest BCUT2D eigenvalue weighted by Gasteiger charge is 2.23. The van der Waals surface area contributed by atoms with Crippen LogP contribution in [-0.2, 0) is 21.3 Å². The van der Waals surface area contributed by atoms with Crippen molar-refractivity contribution in [1.29, 1.82) is 0 Å². The van der Waals surface area contributed by atoms with E-state index in [2.05, 4.69) is 29.0 Å². The van der Waals surface area contributed by atoms with Gasteiger partial charge in [-0.25, -0.2) is 8.42 Å². The standard InChI is InChI=1S/C17H20N2O3S/c20-23(21)12-9-19-8-5-16(17(19)18-23)15-3-1-13(2-4-15)14-6-10-22-11-7-14/h1-5,8,14,18H,6-7,9-12H2. The number of aryl methyl sites for hydroxylation is 1. The van der Waals surface area contributed by atoms with Crippen molar-refractivity contribution in [2.45, 2.75) is 25.3 Å². The summed E-state index contributed by atoms with van der Waals surface area (Å²) in [6.45, 7) is 2.17. The molecule has 2 aliphatic rings. The molecule has 0 atom stereocenters. The van der Waals surface area contributed by atoms with E-state index in [0.29, 0.717) is 18.3 Å². The van der Waals surface area contributed by atoms with Crippen LogP contribution in [0.15, 0.2) is 36.5 Å². The fourth-order valence-corrected chi connectivity index (χ4v) is 4.45. The molecule has 5 nitrogen and oxygen atoms in total. The molecule has 1 aromatic carbocycles. The summed E-state index contributed by atoms with van der Waals surface area (Å²) in [6, 6.07) is 10.5. The molecule has 23 heavy (non-hydrogen) atoms. The van der Waals surface area contributed by atoms with Gasteiger partial charge >= 0.3 is 0 Å². The molecule has 2 aromatic rings. The van der Waals surface area contributed by atoms with Crippen molar-refractivity contribution in [3.63, 3.8) is 0 Å². The Morgan fingerprint density at radius 1 is 1.09 bits per heavy atom. The first-order valence-corrected chi connectivity index (χ1v) is 9.65. The average molecular weight is 332 g/mol. The summed E-state index contributed by atoms with van der Waals surface area (Å²) in [6.07, 6.45) is 4.08. The molecule has 2 aliphatic heterocycles. The van der Waals surface area contributed by atoms with Gasteiger partial charge in [0.2, 0.25) is 10.0 Å². The molecular weight excluding hydrogens is 312 g/mol. The largest absolute Gasteiger partial charge is 0.381 e. The first kappa shape index (κ1) is 14.8. The fourth-order valence-electron chi connectivity index (χ4n) is 3.39. The van der Waals surface area contributed by atoms with Gasteiger partial charge in [-0.2, -0.15) is 0 Å². The Morgan fingerprint density at radius 2 is 1.83 bits per heavy atom. The minimum atomic E-state index is -3.21. The molecule has 0 radical (unpaired) electrons. The second-order valence-electron chi connectivity index (χ2n) is 6.20. The Hall–Kier alpha value is -1.79. The third-order valence-corrected chi connectivity index (χ3v) is 5.96. The highest BCUT2D eigenvalue weighted by atomic mass is 32.2. The SMILES string of the molecule is O=S1(=O)CCn2ccc(-c3ccc(C4CCOCC4)cc3)c2N1. The van der Waals surface area contributed by atoms with E-state index in [1.807, 2.05) is 16.8 Å². The van der Waals surface area contributed by atoms with E-state index in [-0.39, 0.29) is 5.75 Å². The summed E-state index contributed by atoms with van der Waals surface area (Å²) in [7, 11) is -3.21. The van der Waals surface area contributed by atoms with Crippen LogP contribution in [0, 0.1) is 0 Å². The number of rotatable bonds is 2. The first-order valence-electron chi connectivity index (χ1n) is 8.00. The second-order valence-corrected chi connectivity index (χ2v) is 8.04. The molecule has 0 bridgehead atoms. The predicted molar refractivity (Wildman–Crippen MR) is 90.1 cm³/mol. The maximum Gasteiger partial charge on any atom is 0.235 e. The van der Waals surface area contributed by atoms with Gasteiger partial charge in [0.1, 0.15) is 5.82 Å². The third-order valence-electron chi connectivity index (χ3n) is 4.73. The highest BCUT2D eigenvalue weighted by Crippen LogP contribution is 2.34. The summed E-state index contributed by atoms with van der Waals surface area (Å²) in [5, 5.41) is 0. The molecule has 0 aliphatic carbocycles. The Balaban J connectivity index is 1.63. The van der Waals surface area contributed by atoms with Crippen molar-refractivity contribution in [1.82, 2.24) is 4.57 Å². The van der Waals surface area contributed by atoms with Crippen LogP contribution in [0.2, 0.25) is 0 Å². The van der Waals surface area contributed by atoms with Crippen molar-refractivity contribution in [3.8, 4) is 11.1 Å². The Labute approximate surface area is 136 Å². The molecule has 1 aromatic heterocycles. The van der Waals surface area contributed by atoms with Crippen molar-refractivity contribution >= 4 is 15.8 Å². The van der Waals surface area contributed by atoms with E-state index >= 15 is 0 Å². The number of nitrogens with zero attached hydrogens (tertiary/aromatic N) is 1. The number of aromatic nitrogens is 1. The summed E-state index contributed by atoms with van der Waals surface area (Å²) in [4.78, 5) is 0. The molecule has 122 valence electrons. The highest BCUT2D eigenvalue weighted by molar-refractivity contribution is 7.92. The van der Waals surface area contributed by atoms with Crippen molar-refractivity contribution < 1.29 is 13.2 Å². The maximum atomic E-state index is 11.8. The van der Waals surface area contributed by atoms with E-state index < -0.39 is 10.0 Å². The zero-order valence-electron chi connectivity index (χ0n) is 12.9. The van der Waals surface area contributed by atoms with Gasteiger partial charge in [0, 0.05) is 31.5 Å². The molecule has 1 saturated heterocycles. The topological polar surface area (TPSA) is 60.3 Å². The van der Waals surface area contributed by atoms with Crippen molar-refractivity contribution in [2.24, 2.45) is 0 Å². The zero-order chi connectivity index (χ0) is 15.9. The monoisotopic (exact) mass is 332 g/mol. The molecule has 6 heteroatoms. The summed E-state index contributed by atoms with van der Waals surface area (Å²) in [5.74, 6) is 1.38. The number of ether oxygens (including phenoxy) is 1. The summed E-state index contributed by atoms with van der Waals surface area (Å²) < 4.78 is 33.7. The molecule has 0 spiro atoms. The van der Waals surface area contributed by atoms with E-state index in [1.165, 1.54) is 5.56 Å². The van der Waals surface area contributed by atoms with E-state index in [1.54, 1.807) is 0 Å². The molecule has 0 saturated carbocycles. The quantitative estimate of drug-likeness (QED) is 0.920. The lowest BCUT2D eigenvalue weighted by molar-refractivity contribution is 0.0853. The number of hydrogen-bond acceptors (Lipinski definition) is 3. The van der Waals surface area contributed by atoms with Gasteiger partial charge in [-0.05, 0) is 36.0 Å². The Morgan fingerprint density at radius 3 is 2.57 bits per heavy atom. The molecule has 4 rings (SSSR count). The summed E-state index contributed by atoms with van der Waals surface area (Å²) >= 11 is 0. The lowest BCUT2D eigenvalue weighted by Crippen LogP contribution is -2.27. The average Bonchev–Trinajstić information content (AvgIpc) is 2.97. The minimum absolute atomic E-state index is 0.136. The number of anilines is 1. The van der Waals surface area contributed by atoms with Gasteiger partial charge in [-0.1, -0.05) is 24.3 Å². The predicted octanol–water partition coefficient (Wildman–Crippen LogP) is 2.80. The first-order chi connectivity index (χ1) is 11.1. The van der Waals surface area contributed by atoms with E-state index in [4.69, 9.17) is 4.74 Å². The van der Waals surface area contributed by atoms with Gasteiger partial charge in [0.25, 0.3) is 0 Å². The second kappa shape index (κ2) is 5.69. The van der Waals surface area contributed by atoms with Crippen LogP contribution < -0.4 is 4.72 Å². The van der Waals surface area contributed by atoms with Crippen molar-refractivity contribution in [3.05, 3.63) is 42.1 Å². The Bertz CT molecular complexity index is 803. The van der Waals surface area contributed by atoms with Crippen LogP contribution in [-0.4, -0.2) is 32.0 Å². The summed E-state index contributed by atoms with van der Waals surface area (Å²) in [5.41, 5.74) is 3.32. The van der Waals surface area contributed by atoms with Gasteiger partial charge in [-0.3, -0.25) is 4.72 Å². The number of fused-ring (bicyclic) bond motifs is 1. The van der Waals surface area contributed by atoms with E-state index in [0.717, 1.165) is 37.2 Å². The Kier molecular flexibility index (Phi) is 3.66. The maximum absolute atomic E-state index is 11.8.